The van der Waals surface area contributed by atoms with E-state index in [0.29, 0.717) is 27.9 Å². The van der Waals surface area contributed by atoms with Gasteiger partial charge in [0.25, 0.3) is 5.91 Å². The molecule has 214 valence electrons. The van der Waals surface area contributed by atoms with Crippen molar-refractivity contribution in [1.82, 2.24) is 25.0 Å². The Hall–Kier alpha value is -3.60. The van der Waals surface area contributed by atoms with E-state index in [1.807, 2.05) is 0 Å². The van der Waals surface area contributed by atoms with Gasteiger partial charge in [0.2, 0.25) is 5.91 Å². The number of phenols is 1. The highest BCUT2D eigenvalue weighted by molar-refractivity contribution is 8.01. The third kappa shape index (κ3) is 6.24. The molecule has 4 rings (SSSR count). The predicted octanol–water partition coefficient (Wildman–Crippen LogP) is 0.131. The van der Waals surface area contributed by atoms with Gasteiger partial charge in [-0.3, -0.25) is 14.5 Å². The predicted molar refractivity (Wildman–Crippen MR) is 143 cm³/mol. The van der Waals surface area contributed by atoms with Gasteiger partial charge in [-0.25, -0.2) is 9.59 Å². The molecule has 0 aliphatic carbocycles. The number of carboxylic acid groups (broad SMARTS) is 1. The van der Waals surface area contributed by atoms with Crippen LogP contribution in [0.5, 0.6) is 5.75 Å². The topological polar surface area (TPSA) is 199 Å². The maximum atomic E-state index is 13.0. The van der Waals surface area contributed by atoms with Gasteiger partial charge in [0.05, 0.1) is 6.61 Å². The van der Waals surface area contributed by atoms with Crippen molar-refractivity contribution >= 4 is 47.3 Å². The molecular formula is C24H28N6O8S2. The van der Waals surface area contributed by atoms with Crippen LogP contribution in [0.3, 0.4) is 0 Å². The zero-order valence-electron chi connectivity index (χ0n) is 21.6. The van der Waals surface area contributed by atoms with Gasteiger partial charge in [-0.1, -0.05) is 23.9 Å². The Bertz CT molecular complexity index is 1330. The van der Waals surface area contributed by atoms with Crippen molar-refractivity contribution < 1.29 is 38.9 Å². The van der Waals surface area contributed by atoms with E-state index >= 15 is 0 Å². The number of ether oxygens (including phenoxy) is 2. The molecule has 14 nitrogen and oxygen atoms in total. The molecule has 2 aliphatic heterocycles. The first-order valence-electron chi connectivity index (χ1n) is 12.1. The Labute approximate surface area is 237 Å². The number of aromatic hydroxyl groups is 1. The first-order chi connectivity index (χ1) is 19.1. The summed E-state index contributed by atoms with van der Waals surface area (Å²) in [6.07, 6.45) is 0. The number of esters is 1. The Morgan fingerprint density at radius 2 is 2.00 bits per heavy atom. The van der Waals surface area contributed by atoms with Gasteiger partial charge in [-0.2, -0.15) is 0 Å². The number of β-lactam (4-membered cyclic amide) rings is 1. The van der Waals surface area contributed by atoms with E-state index in [1.54, 1.807) is 18.5 Å². The molecule has 1 aromatic carbocycles. The SMILES string of the molecule is CCOC(=O)COCc1nnc(SCC2=C(C(=O)O)N3C(=O)C(NC(=O)[C@H](N)c4ccc(O)cc4)[C@H]3SC2)n1C. The lowest BCUT2D eigenvalue weighted by molar-refractivity contribution is -0.150. The summed E-state index contributed by atoms with van der Waals surface area (Å²) in [5.74, 6) is -1.79. The van der Waals surface area contributed by atoms with Gasteiger partial charge in [-0.15, -0.1) is 22.0 Å². The molecule has 3 atom stereocenters. The minimum absolute atomic E-state index is 0.0291. The molecule has 1 saturated heterocycles. The number of amides is 2. The van der Waals surface area contributed by atoms with Crippen LogP contribution in [-0.4, -0.2) is 89.8 Å². The summed E-state index contributed by atoms with van der Waals surface area (Å²) < 4.78 is 11.8. The zero-order valence-corrected chi connectivity index (χ0v) is 23.2. The summed E-state index contributed by atoms with van der Waals surface area (Å²) >= 11 is 2.59. The Morgan fingerprint density at radius 1 is 1.27 bits per heavy atom. The van der Waals surface area contributed by atoms with E-state index in [0.717, 1.165) is 0 Å². The minimum Gasteiger partial charge on any atom is -0.508 e. The van der Waals surface area contributed by atoms with Crippen LogP contribution < -0.4 is 11.1 Å². The monoisotopic (exact) mass is 592 g/mol. The number of carbonyl (C=O) groups excluding carboxylic acids is 3. The molecular weight excluding hydrogens is 564 g/mol. The number of hydrogen-bond acceptors (Lipinski definition) is 12. The highest BCUT2D eigenvalue weighted by atomic mass is 32.2. The van der Waals surface area contributed by atoms with Crippen LogP contribution in [0.2, 0.25) is 0 Å². The van der Waals surface area contributed by atoms with Crippen molar-refractivity contribution in [3.63, 3.8) is 0 Å². The molecule has 2 aromatic rings. The average molecular weight is 593 g/mol. The fraction of sp³-hybridized carbons (Fsp3) is 0.417. The molecule has 1 unspecified atom stereocenters. The quantitative estimate of drug-likeness (QED) is 0.147. The maximum absolute atomic E-state index is 13.0. The molecule has 1 aromatic heterocycles. The first-order valence-corrected chi connectivity index (χ1v) is 14.1. The minimum atomic E-state index is -1.24. The van der Waals surface area contributed by atoms with E-state index in [2.05, 4.69) is 15.5 Å². The van der Waals surface area contributed by atoms with Crippen LogP contribution in [0.1, 0.15) is 24.4 Å². The second-order valence-electron chi connectivity index (χ2n) is 8.77. The number of rotatable bonds is 12. The largest absolute Gasteiger partial charge is 0.508 e. The Kier molecular flexibility index (Phi) is 9.34. The molecule has 40 heavy (non-hydrogen) atoms. The number of aliphatic carboxylic acids is 1. The average Bonchev–Trinajstić information content (AvgIpc) is 3.28. The van der Waals surface area contributed by atoms with Crippen molar-refractivity contribution in [2.75, 3.05) is 24.7 Å². The van der Waals surface area contributed by atoms with Crippen molar-refractivity contribution in [3.05, 3.63) is 46.9 Å². The lowest BCUT2D eigenvalue weighted by Crippen LogP contribution is -2.71. The molecule has 1 fully saturated rings. The van der Waals surface area contributed by atoms with Gasteiger partial charge < -0.3 is 35.3 Å². The molecule has 2 amide bonds. The molecule has 3 heterocycles. The summed E-state index contributed by atoms with van der Waals surface area (Å²) in [5.41, 5.74) is 6.88. The fourth-order valence-electron chi connectivity index (χ4n) is 4.05. The summed E-state index contributed by atoms with van der Waals surface area (Å²) in [7, 11) is 1.72. The highest BCUT2D eigenvalue weighted by Gasteiger charge is 2.54. The number of benzene rings is 1. The number of hydrogen-bond donors (Lipinski definition) is 4. The van der Waals surface area contributed by atoms with E-state index in [1.165, 1.54) is 52.7 Å². The standard InChI is InChI=1S/C24H28N6O8S2/c1-3-38-16(32)9-37-8-15-27-28-24(29(15)2)40-11-13-10-39-22-18(21(34)30(22)19(13)23(35)36)26-20(33)17(25)12-4-6-14(31)7-5-12/h4-7,17-18,22,31H,3,8-11,25H2,1-2H3,(H,26,33)(H,35,36)/t17-,18?,22-/m1/s1. The normalized spacial score (nSPS) is 19.1. The van der Waals surface area contributed by atoms with Gasteiger partial charge in [-0.05, 0) is 30.2 Å². The highest BCUT2D eigenvalue weighted by Crippen LogP contribution is 2.41. The number of thioether (sulfide) groups is 2. The van der Waals surface area contributed by atoms with Crippen LogP contribution in [0, 0.1) is 0 Å². The lowest BCUT2D eigenvalue weighted by atomic mass is 10.0. The third-order valence-corrected chi connectivity index (χ3v) is 8.59. The number of carboxylic acids is 1. The fourth-order valence-corrected chi connectivity index (χ4v) is 6.46. The van der Waals surface area contributed by atoms with E-state index in [9.17, 15) is 29.4 Å². The maximum Gasteiger partial charge on any atom is 0.352 e. The number of nitrogens with zero attached hydrogens (tertiary/aromatic N) is 4. The van der Waals surface area contributed by atoms with Gasteiger partial charge in [0, 0.05) is 18.6 Å². The summed E-state index contributed by atoms with van der Waals surface area (Å²) in [6.45, 7) is 1.78. The van der Waals surface area contributed by atoms with Gasteiger partial charge >= 0.3 is 11.9 Å². The molecule has 0 bridgehead atoms. The zero-order chi connectivity index (χ0) is 29.0. The molecule has 16 heteroatoms. The van der Waals surface area contributed by atoms with Crippen LogP contribution in [0.25, 0.3) is 0 Å². The van der Waals surface area contributed by atoms with E-state index < -0.39 is 41.2 Å². The number of aromatic nitrogens is 3. The van der Waals surface area contributed by atoms with Gasteiger partial charge in [0.15, 0.2) is 11.0 Å². The Balaban J connectivity index is 1.37. The van der Waals surface area contributed by atoms with E-state index in [-0.39, 0.29) is 37.0 Å². The number of phenolic OH excluding ortho intramolecular Hbond substituents is 1. The van der Waals surface area contributed by atoms with Crippen molar-refractivity contribution in [1.29, 1.82) is 0 Å². The summed E-state index contributed by atoms with van der Waals surface area (Å²) in [4.78, 5) is 50.4. The smallest absolute Gasteiger partial charge is 0.352 e. The number of nitrogens with one attached hydrogen (secondary N) is 1. The van der Waals surface area contributed by atoms with Crippen LogP contribution >= 0.6 is 23.5 Å². The van der Waals surface area contributed by atoms with Crippen molar-refractivity contribution in [3.8, 4) is 5.75 Å². The number of carbonyl (C=O) groups is 4. The molecule has 0 spiro atoms. The summed E-state index contributed by atoms with van der Waals surface area (Å²) in [6, 6.07) is 3.84. The third-order valence-electron chi connectivity index (χ3n) is 6.14. The van der Waals surface area contributed by atoms with E-state index in [4.69, 9.17) is 15.2 Å². The first kappa shape index (κ1) is 29.4. The molecule has 0 saturated carbocycles. The summed E-state index contributed by atoms with van der Waals surface area (Å²) in [5, 5.41) is 30.1. The second kappa shape index (κ2) is 12.7. The number of nitrogens with two attached hydrogens (primary N) is 1. The van der Waals surface area contributed by atoms with Crippen molar-refractivity contribution in [2.45, 2.75) is 36.1 Å². The number of fused-ring (bicyclic) bond motifs is 1. The second-order valence-corrected chi connectivity index (χ2v) is 10.8. The van der Waals surface area contributed by atoms with Gasteiger partial charge in [0.1, 0.15) is 42.1 Å². The molecule has 5 N–H and O–H groups in total. The van der Waals surface area contributed by atoms with Crippen molar-refractivity contribution in [2.24, 2.45) is 12.8 Å². The van der Waals surface area contributed by atoms with Crippen LogP contribution in [0.4, 0.5) is 0 Å². The Morgan fingerprint density at radius 3 is 2.67 bits per heavy atom. The van der Waals surface area contributed by atoms with Crippen LogP contribution in [-0.2, 0) is 42.3 Å². The lowest BCUT2D eigenvalue weighted by Gasteiger charge is -2.49. The molecule has 2 aliphatic rings. The molecule has 0 radical (unpaired) electrons. The van der Waals surface area contributed by atoms with Crippen LogP contribution in [0.15, 0.2) is 40.7 Å².